The van der Waals surface area contributed by atoms with Gasteiger partial charge in [0, 0.05) is 38.9 Å². The van der Waals surface area contributed by atoms with E-state index in [0.717, 1.165) is 31.5 Å². The molecule has 1 aromatic heterocycles. The number of likely N-dealkylation sites (tertiary alicyclic amines) is 1. The summed E-state index contributed by atoms with van der Waals surface area (Å²) < 4.78 is 0. The van der Waals surface area contributed by atoms with Crippen LogP contribution in [0.4, 0.5) is 5.82 Å². The molecule has 1 saturated heterocycles. The lowest BCUT2D eigenvalue weighted by Gasteiger charge is -2.24. The van der Waals surface area contributed by atoms with Gasteiger partial charge in [0.15, 0.2) is 0 Å². The average molecular weight is 288 g/mol. The Balaban J connectivity index is 1.52. The van der Waals surface area contributed by atoms with Gasteiger partial charge in [-0.2, -0.15) is 0 Å². The zero-order chi connectivity index (χ0) is 14.7. The minimum Gasteiger partial charge on any atom is -0.358 e. The van der Waals surface area contributed by atoms with Crippen LogP contribution in [0.15, 0.2) is 12.3 Å². The van der Waals surface area contributed by atoms with Crippen molar-refractivity contribution in [3.63, 3.8) is 0 Å². The van der Waals surface area contributed by atoms with Crippen molar-refractivity contribution in [2.24, 2.45) is 0 Å². The minimum absolute atomic E-state index is 0.758. The maximum Gasteiger partial charge on any atom is 0.131 e. The molecule has 116 valence electrons. The lowest BCUT2D eigenvalue weighted by molar-refractivity contribution is 0.346. The van der Waals surface area contributed by atoms with E-state index in [-0.39, 0.29) is 0 Å². The highest BCUT2D eigenvalue weighted by Gasteiger charge is 2.20. The van der Waals surface area contributed by atoms with Crippen molar-refractivity contribution >= 4 is 5.82 Å². The van der Waals surface area contributed by atoms with Crippen LogP contribution in [0.1, 0.15) is 36.8 Å². The fourth-order valence-electron chi connectivity index (χ4n) is 3.08. The molecule has 0 bridgehead atoms. The highest BCUT2D eigenvalue weighted by molar-refractivity contribution is 5.46. The lowest BCUT2D eigenvalue weighted by atomic mass is 10.2. The second-order valence-corrected chi connectivity index (χ2v) is 6.61. The summed E-state index contributed by atoms with van der Waals surface area (Å²) in [6.07, 6.45) is 7.44. The second kappa shape index (κ2) is 6.75. The zero-order valence-electron chi connectivity index (χ0n) is 13.4. The molecule has 1 saturated carbocycles. The number of pyridine rings is 1. The van der Waals surface area contributed by atoms with Gasteiger partial charge >= 0.3 is 0 Å². The smallest absolute Gasteiger partial charge is 0.131 e. The number of aromatic nitrogens is 1. The van der Waals surface area contributed by atoms with Crippen molar-refractivity contribution in [1.29, 1.82) is 0 Å². The van der Waals surface area contributed by atoms with Gasteiger partial charge in [0.05, 0.1) is 0 Å². The number of aryl methyl sites for hydroxylation is 1. The zero-order valence-corrected chi connectivity index (χ0v) is 13.4. The highest BCUT2D eigenvalue weighted by atomic mass is 15.2. The number of rotatable bonds is 7. The van der Waals surface area contributed by atoms with Gasteiger partial charge in [-0.15, -0.1) is 0 Å². The SMILES string of the molecule is Cc1cc(CNC2CC2)cnc1N(C)CCN1CCCC1. The third-order valence-electron chi connectivity index (χ3n) is 4.59. The van der Waals surface area contributed by atoms with Crippen LogP contribution in [0, 0.1) is 6.92 Å². The molecule has 21 heavy (non-hydrogen) atoms. The van der Waals surface area contributed by atoms with E-state index in [1.165, 1.54) is 49.9 Å². The minimum atomic E-state index is 0.758. The van der Waals surface area contributed by atoms with Gasteiger partial charge in [0.25, 0.3) is 0 Å². The van der Waals surface area contributed by atoms with E-state index in [1.54, 1.807) is 0 Å². The quantitative estimate of drug-likeness (QED) is 0.833. The van der Waals surface area contributed by atoms with E-state index in [4.69, 9.17) is 0 Å². The Morgan fingerprint density at radius 1 is 1.33 bits per heavy atom. The molecule has 2 aliphatic rings. The Morgan fingerprint density at radius 2 is 2.10 bits per heavy atom. The van der Waals surface area contributed by atoms with Gasteiger partial charge in [-0.05, 0) is 62.9 Å². The number of likely N-dealkylation sites (N-methyl/N-ethyl adjacent to an activating group) is 1. The summed E-state index contributed by atoms with van der Waals surface area (Å²) in [6, 6.07) is 3.04. The third-order valence-corrected chi connectivity index (χ3v) is 4.59. The van der Waals surface area contributed by atoms with Crippen LogP contribution in [0.3, 0.4) is 0 Å². The van der Waals surface area contributed by atoms with Crippen LogP contribution >= 0.6 is 0 Å². The molecule has 0 spiro atoms. The molecule has 2 heterocycles. The molecule has 0 amide bonds. The predicted octanol–water partition coefficient (Wildman–Crippen LogP) is 2.17. The fourth-order valence-corrected chi connectivity index (χ4v) is 3.08. The molecule has 1 aliphatic heterocycles. The molecule has 4 heteroatoms. The van der Waals surface area contributed by atoms with Gasteiger partial charge in [-0.1, -0.05) is 0 Å². The summed E-state index contributed by atoms with van der Waals surface area (Å²) in [7, 11) is 2.16. The molecular weight excluding hydrogens is 260 g/mol. The Bertz CT molecular complexity index is 464. The van der Waals surface area contributed by atoms with Crippen LogP contribution in [0.2, 0.25) is 0 Å². The van der Waals surface area contributed by atoms with Crippen molar-refractivity contribution in [2.75, 3.05) is 38.1 Å². The number of hydrogen-bond donors (Lipinski definition) is 1. The highest BCUT2D eigenvalue weighted by Crippen LogP contribution is 2.21. The molecule has 3 rings (SSSR count). The number of nitrogens with zero attached hydrogens (tertiary/aromatic N) is 3. The molecule has 2 fully saturated rings. The van der Waals surface area contributed by atoms with E-state index in [2.05, 4.69) is 40.1 Å². The van der Waals surface area contributed by atoms with Crippen molar-refractivity contribution < 1.29 is 0 Å². The summed E-state index contributed by atoms with van der Waals surface area (Å²) in [5, 5.41) is 3.55. The molecule has 0 atom stereocenters. The largest absolute Gasteiger partial charge is 0.358 e. The van der Waals surface area contributed by atoms with E-state index >= 15 is 0 Å². The van der Waals surface area contributed by atoms with Gasteiger partial charge in [0.2, 0.25) is 0 Å². The molecule has 0 radical (unpaired) electrons. The first kappa shape index (κ1) is 14.8. The standard InChI is InChI=1S/C17H28N4/c1-14-11-15(12-18-16-5-6-16)13-19-17(14)20(2)9-10-21-7-3-4-8-21/h11,13,16,18H,3-10,12H2,1-2H3. The number of anilines is 1. The first-order chi connectivity index (χ1) is 10.2. The molecule has 0 aromatic carbocycles. The number of nitrogens with one attached hydrogen (secondary N) is 1. The van der Waals surface area contributed by atoms with E-state index in [9.17, 15) is 0 Å². The summed E-state index contributed by atoms with van der Waals surface area (Å²) in [4.78, 5) is 9.54. The Hall–Kier alpha value is -1.13. The van der Waals surface area contributed by atoms with Crippen molar-refractivity contribution in [2.45, 2.75) is 45.2 Å². The molecule has 1 aromatic rings. The Kier molecular flexibility index (Phi) is 4.76. The van der Waals surface area contributed by atoms with Gasteiger partial charge in [-0.3, -0.25) is 0 Å². The summed E-state index contributed by atoms with van der Waals surface area (Å²) in [6.45, 7) is 7.89. The molecule has 1 N–H and O–H groups in total. The van der Waals surface area contributed by atoms with E-state index < -0.39 is 0 Å². The summed E-state index contributed by atoms with van der Waals surface area (Å²) in [5.74, 6) is 1.13. The Morgan fingerprint density at radius 3 is 2.76 bits per heavy atom. The maximum atomic E-state index is 4.69. The first-order valence-corrected chi connectivity index (χ1v) is 8.35. The summed E-state index contributed by atoms with van der Waals surface area (Å²) >= 11 is 0. The molecule has 4 nitrogen and oxygen atoms in total. The predicted molar refractivity (Wildman–Crippen MR) is 87.8 cm³/mol. The van der Waals surface area contributed by atoms with Crippen LogP contribution in [0.5, 0.6) is 0 Å². The second-order valence-electron chi connectivity index (χ2n) is 6.61. The monoisotopic (exact) mass is 288 g/mol. The summed E-state index contributed by atoms with van der Waals surface area (Å²) in [5.41, 5.74) is 2.59. The molecular formula is C17H28N4. The van der Waals surface area contributed by atoms with Crippen molar-refractivity contribution in [3.05, 3.63) is 23.4 Å². The normalized spacial score (nSPS) is 19.1. The average Bonchev–Trinajstić information content (AvgIpc) is 3.16. The van der Waals surface area contributed by atoms with E-state index in [0.29, 0.717) is 0 Å². The lowest BCUT2D eigenvalue weighted by Crippen LogP contribution is -2.32. The van der Waals surface area contributed by atoms with Gasteiger partial charge in [-0.25, -0.2) is 4.98 Å². The first-order valence-electron chi connectivity index (χ1n) is 8.35. The van der Waals surface area contributed by atoms with E-state index in [1.807, 2.05) is 6.20 Å². The van der Waals surface area contributed by atoms with Crippen LogP contribution < -0.4 is 10.2 Å². The van der Waals surface area contributed by atoms with Gasteiger partial charge in [0.1, 0.15) is 5.82 Å². The topological polar surface area (TPSA) is 31.4 Å². The third kappa shape index (κ3) is 4.17. The maximum absolute atomic E-state index is 4.69. The van der Waals surface area contributed by atoms with Crippen molar-refractivity contribution in [3.8, 4) is 0 Å². The van der Waals surface area contributed by atoms with Crippen molar-refractivity contribution in [1.82, 2.24) is 15.2 Å². The van der Waals surface area contributed by atoms with Gasteiger partial charge < -0.3 is 15.1 Å². The molecule has 0 unspecified atom stereocenters. The Labute approximate surface area is 128 Å². The van der Waals surface area contributed by atoms with Crippen LogP contribution in [-0.4, -0.2) is 49.2 Å². The fraction of sp³-hybridized carbons (Fsp3) is 0.706. The molecule has 1 aliphatic carbocycles. The van der Waals surface area contributed by atoms with Crippen LogP contribution in [0.25, 0.3) is 0 Å². The number of hydrogen-bond acceptors (Lipinski definition) is 4. The van der Waals surface area contributed by atoms with Crippen LogP contribution in [-0.2, 0) is 6.54 Å².